The van der Waals surface area contributed by atoms with E-state index in [2.05, 4.69) is 15.3 Å². The van der Waals surface area contributed by atoms with E-state index in [0.29, 0.717) is 6.42 Å². The number of hydrogen-bond donors (Lipinski definition) is 1. The van der Waals surface area contributed by atoms with E-state index in [0.717, 1.165) is 37.4 Å². The Hall–Kier alpha value is -1.45. The van der Waals surface area contributed by atoms with Gasteiger partial charge in [0, 0.05) is 24.4 Å². The van der Waals surface area contributed by atoms with E-state index < -0.39 is 0 Å². The van der Waals surface area contributed by atoms with Crippen LogP contribution in [-0.4, -0.2) is 21.9 Å². The predicted molar refractivity (Wildman–Crippen MR) is 86.5 cm³/mol. The zero-order chi connectivity index (χ0) is 15.4. The lowest BCUT2D eigenvalue weighted by Gasteiger charge is -2.25. The number of aromatic nitrogens is 2. The number of nitrogens with one attached hydrogen (secondary N) is 1. The van der Waals surface area contributed by atoms with Gasteiger partial charge < -0.3 is 5.32 Å². The lowest BCUT2D eigenvalue weighted by atomic mass is 9.86. The van der Waals surface area contributed by atoms with Crippen LogP contribution in [0.3, 0.4) is 0 Å². The molecule has 1 saturated carbocycles. The van der Waals surface area contributed by atoms with Crippen molar-refractivity contribution >= 4 is 5.91 Å². The van der Waals surface area contributed by atoms with E-state index in [1.807, 2.05) is 13.1 Å². The summed E-state index contributed by atoms with van der Waals surface area (Å²) in [6.07, 6.45) is 13.2. The molecule has 4 heteroatoms. The molecule has 0 unspecified atom stereocenters. The summed E-state index contributed by atoms with van der Waals surface area (Å²) in [5.74, 6) is 1.85. The number of hydrogen-bond acceptors (Lipinski definition) is 3. The summed E-state index contributed by atoms with van der Waals surface area (Å²) < 4.78 is 0. The fraction of sp³-hybridized carbons (Fsp3) is 0.722. The molecule has 0 aromatic carbocycles. The van der Waals surface area contributed by atoms with Crippen molar-refractivity contribution in [1.82, 2.24) is 15.3 Å². The van der Waals surface area contributed by atoms with Gasteiger partial charge in [-0.25, -0.2) is 9.97 Å². The Kier molecular flexibility index (Phi) is 5.06. The molecule has 1 aromatic heterocycles. The summed E-state index contributed by atoms with van der Waals surface area (Å²) in [5, 5.41) is 3.22. The fourth-order valence-corrected chi connectivity index (χ4v) is 3.84. The van der Waals surface area contributed by atoms with Gasteiger partial charge in [-0.2, -0.15) is 0 Å². The maximum absolute atomic E-state index is 12.2. The van der Waals surface area contributed by atoms with Crippen molar-refractivity contribution in [3.05, 3.63) is 23.3 Å². The molecule has 2 aliphatic carbocycles. The van der Waals surface area contributed by atoms with Crippen LogP contribution < -0.4 is 5.32 Å². The molecule has 0 saturated heterocycles. The second-order valence-electron chi connectivity index (χ2n) is 6.94. The first-order chi connectivity index (χ1) is 10.7. The van der Waals surface area contributed by atoms with Crippen molar-refractivity contribution in [1.29, 1.82) is 0 Å². The van der Waals surface area contributed by atoms with Crippen LogP contribution in [0.5, 0.6) is 0 Å². The summed E-state index contributed by atoms with van der Waals surface area (Å²) >= 11 is 0. The number of aryl methyl sites for hydroxylation is 2. The van der Waals surface area contributed by atoms with Crippen LogP contribution in [0.1, 0.15) is 68.4 Å². The van der Waals surface area contributed by atoms with Crippen LogP contribution in [0, 0.1) is 12.8 Å². The third-order valence-corrected chi connectivity index (χ3v) is 5.14. The van der Waals surface area contributed by atoms with E-state index in [4.69, 9.17) is 0 Å². The highest BCUT2D eigenvalue weighted by molar-refractivity contribution is 5.76. The Labute approximate surface area is 133 Å². The summed E-state index contributed by atoms with van der Waals surface area (Å²) in [5.41, 5.74) is 2.37. The van der Waals surface area contributed by atoms with E-state index in [9.17, 15) is 4.79 Å². The van der Waals surface area contributed by atoms with Gasteiger partial charge in [0.1, 0.15) is 5.82 Å². The Morgan fingerprint density at radius 2 is 2.09 bits per heavy atom. The summed E-state index contributed by atoms with van der Waals surface area (Å²) in [4.78, 5) is 21.0. The molecule has 22 heavy (non-hydrogen) atoms. The molecule has 120 valence electrons. The van der Waals surface area contributed by atoms with Crippen molar-refractivity contribution in [3.63, 3.8) is 0 Å². The molecular weight excluding hydrogens is 274 g/mol. The monoisotopic (exact) mass is 301 g/mol. The maximum Gasteiger partial charge on any atom is 0.220 e. The van der Waals surface area contributed by atoms with Gasteiger partial charge in [0.25, 0.3) is 0 Å². The molecule has 2 aliphatic rings. The minimum Gasteiger partial charge on any atom is -0.353 e. The molecule has 0 bridgehead atoms. The lowest BCUT2D eigenvalue weighted by molar-refractivity contribution is -0.122. The molecule has 1 fully saturated rings. The van der Waals surface area contributed by atoms with Crippen LogP contribution >= 0.6 is 0 Å². The standard InChI is InChI=1S/C18H27N3O/c1-13-19-12-15-11-16(8-9-17(15)20-13)21-18(22)10-7-14-5-3-2-4-6-14/h12,14,16H,2-11H2,1H3,(H,21,22)/t16-/m0/s1. The average molecular weight is 301 g/mol. The van der Waals surface area contributed by atoms with E-state index in [-0.39, 0.29) is 11.9 Å². The Morgan fingerprint density at radius 3 is 2.91 bits per heavy atom. The molecule has 0 radical (unpaired) electrons. The highest BCUT2D eigenvalue weighted by atomic mass is 16.1. The van der Waals surface area contributed by atoms with Gasteiger partial charge in [-0.1, -0.05) is 32.1 Å². The molecule has 1 amide bonds. The third kappa shape index (κ3) is 4.05. The molecule has 1 atom stereocenters. The van der Waals surface area contributed by atoms with Gasteiger partial charge in [0.15, 0.2) is 0 Å². The normalized spacial score (nSPS) is 22.1. The number of rotatable bonds is 4. The smallest absolute Gasteiger partial charge is 0.220 e. The molecule has 0 spiro atoms. The summed E-state index contributed by atoms with van der Waals surface area (Å²) in [7, 11) is 0. The zero-order valence-electron chi connectivity index (χ0n) is 13.6. The second kappa shape index (κ2) is 7.21. The minimum absolute atomic E-state index is 0.229. The van der Waals surface area contributed by atoms with Crippen molar-refractivity contribution in [2.45, 2.75) is 77.2 Å². The molecule has 4 nitrogen and oxygen atoms in total. The lowest BCUT2D eigenvalue weighted by Crippen LogP contribution is -2.39. The van der Waals surface area contributed by atoms with Crippen LogP contribution in [0.2, 0.25) is 0 Å². The van der Waals surface area contributed by atoms with Crippen molar-refractivity contribution < 1.29 is 4.79 Å². The topological polar surface area (TPSA) is 54.9 Å². The first-order valence-corrected chi connectivity index (χ1v) is 8.81. The Balaban J connectivity index is 1.45. The number of carbonyl (C=O) groups excluding carboxylic acids is 1. The SMILES string of the molecule is Cc1ncc2c(n1)CC[C@H](NC(=O)CCC1CCCCC1)C2. The highest BCUT2D eigenvalue weighted by Crippen LogP contribution is 2.27. The molecule has 1 N–H and O–H groups in total. The van der Waals surface area contributed by atoms with Crippen molar-refractivity contribution in [3.8, 4) is 0 Å². The van der Waals surface area contributed by atoms with Crippen molar-refractivity contribution in [2.24, 2.45) is 5.92 Å². The van der Waals surface area contributed by atoms with Gasteiger partial charge in [0.2, 0.25) is 5.91 Å². The number of amides is 1. The number of fused-ring (bicyclic) bond motifs is 1. The van der Waals surface area contributed by atoms with Crippen LogP contribution in [-0.2, 0) is 17.6 Å². The molecular formula is C18H27N3O. The van der Waals surface area contributed by atoms with Crippen LogP contribution in [0.15, 0.2) is 6.20 Å². The van der Waals surface area contributed by atoms with Crippen LogP contribution in [0.25, 0.3) is 0 Å². The van der Waals surface area contributed by atoms with Crippen LogP contribution in [0.4, 0.5) is 0 Å². The number of carbonyl (C=O) groups is 1. The summed E-state index contributed by atoms with van der Waals surface area (Å²) in [6, 6.07) is 0.262. The summed E-state index contributed by atoms with van der Waals surface area (Å²) in [6.45, 7) is 1.93. The second-order valence-corrected chi connectivity index (χ2v) is 6.94. The number of nitrogens with zero attached hydrogens (tertiary/aromatic N) is 2. The van der Waals surface area contributed by atoms with E-state index >= 15 is 0 Å². The van der Waals surface area contributed by atoms with Gasteiger partial charge in [-0.05, 0) is 44.1 Å². The van der Waals surface area contributed by atoms with Gasteiger partial charge in [0.05, 0.1) is 0 Å². The first-order valence-electron chi connectivity index (χ1n) is 8.81. The minimum atomic E-state index is 0.229. The van der Waals surface area contributed by atoms with Gasteiger partial charge in [-0.15, -0.1) is 0 Å². The molecule has 3 rings (SSSR count). The predicted octanol–water partition coefficient (Wildman–Crippen LogP) is 3.12. The molecule has 0 aliphatic heterocycles. The largest absolute Gasteiger partial charge is 0.353 e. The molecule has 1 heterocycles. The third-order valence-electron chi connectivity index (χ3n) is 5.14. The first kappa shape index (κ1) is 15.4. The maximum atomic E-state index is 12.2. The van der Waals surface area contributed by atoms with Crippen molar-refractivity contribution in [2.75, 3.05) is 0 Å². The highest BCUT2D eigenvalue weighted by Gasteiger charge is 2.22. The fourth-order valence-electron chi connectivity index (χ4n) is 3.84. The van der Waals surface area contributed by atoms with Gasteiger partial charge in [-0.3, -0.25) is 4.79 Å². The zero-order valence-corrected chi connectivity index (χ0v) is 13.6. The average Bonchev–Trinajstić information content (AvgIpc) is 2.54. The van der Waals surface area contributed by atoms with E-state index in [1.54, 1.807) is 0 Å². The Morgan fingerprint density at radius 1 is 1.27 bits per heavy atom. The quantitative estimate of drug-likeness (QED) is 0.929. The molecule has 1 aromatic rings. The Bertz CT molecular complexity index is 523. The van der Waals surface area contributed by atoms with Gasteiger partial charge >= 0.3 is 0 Å². The van der Waals surface area contributed by atoms with E-state index in [1.165, 1.54) is 43.4 Å².